The highest BCUT2D eigenvalue weighted by atomic mass is 19.1. The number of rotatable bonds is 5. The Morgan fingerprint density at radius 2 is 1.85 bits per heavy atom. The van der Waals surface area contributed by atoms with E-state index < -0.39 is 0 Å². The maximum atomic E-state index is 13.5. The van der Waals surface area contributed by atoms with Crippen LogP contribution in [0.5, 0.6) is 0 Å². The number of hydrogen-bond donors (Lipinski definition) is 2. The Hall–Kier alpha value is -3.47. The van der Waals surface area contributed by atoms with E-state index in [9.17, 15) is 9.18 Å². The van der Waals surface area contributed by atoms with Crippen LogP contribution < -0.4 is 5.32 Å². The molecule has 4 aromatic rings. The number of carbonyl (C=O) groups is 1. The SMILES string of the molecule is O=C(Cc1c(Cc2cccc(F)c2)[nH]c2ccccc12)Nc1ccncc1. The van der Waals surface area contributed by atoms with Gasteiger partial charge in [-0.15, -0.1) is 0 Å². The van der Waals surface area contributed by atoms with Gasteiger partial charge in [0, 0.05) is 41.1 Å². The van der Waals surface area contributed by atoms with Gasteiger partial charge in [0.25, 0.3) is 0 Å². The number of pyridine rings is 1. The molecule has 5 heteroatoms. The zero-order chi connectivity index (χ0) is 18.6. The van der Waals surface area contributed by atoms with Crippen LogP contribution in [0.3, 0.4) is 0 Å². The summed E-state index contributed by atoms with van der Waals surface area (Å²) < 4.78 is 13.5. The minimum Gasteiger partial charge on any atom is -0.358 e. The van der Waals surface area contributed by atoms with E-state index in [4.69, 9.17) is 0 Å². The van der Waals surface area contributed by atoms with Crippen molar-refractivity contribution in [3.63, 3.8) is 0 Å². The second-order valence-corrected chi connectivity index (χ2v) is 6.40. The molecule has 0 radical (unpaired) electrons. The lowest BCUT2D eigenvalue weighted by Crippen LogP contribution is -2.15. The van der Waals surface area contributed by atoms with Crippen LogP contribution in [0, 0.1) is 5.82 Å². The largest absolute Gasteiger partial charge is 0.358 e. The predicted octanol–water partition coefficient (Wildman–Crippen LogP) is 4.47. The van der Waals surface area contributed by atoms with Crippen molar-refractivity contribution in [2.45, 2.75) is 12.8 Å². The summed E-state index contributed by atoms with van der Waals surface area (Å²) in [4.78, 5) is 19.9. The van der Waals surface area contributed by atoms with Gasteiger partial charge >= 0.3 is 0 Å². The van der Waals surface area contributed by atoms with E-state index in [-0.39, 0.29) is 18.1 Å². The Bertz CT molecular complexity index is 1090. The molecule has 0 bridgehead atoms. The molecule has 0 spiro atoms. The van der Waals surface area contributed by atoms with Crippen molar-refractivity contribution in [3.05, 3.63) is 95.7 Å². The standard InChI is InChI=1S/C22H18FN3O/c23-16-5-3-4-15(12-16)13-21-19(18-6-1-2-7-20(18)26-21)14-22(27)25-17-8-10-24-11-9-17/h1-12,26H,13-14H2,(H,24,25,27). The summed E-state index contributed by atoms with van der Waals surface area (Å²) in [5.74, 6) is -0.368. The molecule has 0 aliphatic carbocycles. The highest BCUT2D eigenvalue weighted by molar-refractivity contribution is 5.96. The Morgan fingerprint density at radius 3 is 2.67 bits per heavy atom. The lowest BCUT2D eigenvalue weighted by atomic mass is 10.0. The number of aromatic nitrogens is 2. The number of nitrogens with one attached hydrogen (secondary N) is 2. The molecular formula is C22H18FN3O. The van der Waals surface area contributed by atoms with Gasteiger partial charge in [0.05, 0.1) is 6.42 Å². The third kappa shape index (κ3) is 3.87. The minimum absolute atomic E-state index is 0.105. The maximum Gasteiger partial charge on any atom is 0.228 e. The summed E-state index contributed by atoms with van der Waals surface area (Å²) >= 11 is 0. The van der Waals surface area contributed by atoms with E-state index >= 15 is 0 Å². The molecule has 0 atom stereocenters. The lowest BCUT2D eigenvalue weighted by molar-refractivity contribution is -0.115. The number of halogens is 1. The third-order valence-corrected chi connectivity index (χ3v) is 4.47. The Balaban J connectivity index is 1.64. The fraction of sp³-hybridized carbons (Fsp3) is 0.0909. The fourth-order valence-electron chi connectivity index (χ4n) is 3.26. The third-order valence-electron chi connectivity index (χ3n) is 4.47. The number of hydrogen-bond acceptors (Lipinski definition) is 2. The van der Waals surface area contributed by atoms with E-state index in [0.29, 0.717) is 12.1 Å². The first-order valence-corrected chi connectivity index (χ1v) is 8.72. The van der Waals surface area contributed by atoms with Gasteiger partial charge in [-0.25, -0.2) is 4.39 Å². The van der Waals surface area contributed by atoms with Gasteiger partial charge in [0.15, 0.2) is 0 Å². The number of benzene rings is 2. The van der Waals surface area contributed by atoms with E-state index in [2.05, 4.69) is 15.3 Å². The second kappa shape index (κ2) is 7.41. The number of fused-ring (bicyclic) bond motifs is 1. The van der Waals surface area contributed by atoms with Gasteiger partial charge in [-0.3, -0.25) is 9.78 Å². The average Bonchev–Trinajstić information content (AvgIpc) is 3.00. The van der Waals surface area contributed by atoms with E-state index in [1.165, 1.54) is 12.1 Å². The Labute approximate surface area is 156 Å². The highest BCUT2D eigenvalue weighted by Crippen LogP contribution is 2.25. The van der Waals surface area contributed by atoms with Gasteiger partial charge in [-0.1, -0.05) is 30.3 Å². The molecule has 2 aromatic carbocycles. The predicted molar refractivity (Wildman–Crippen MR) is 104 cm³/mol. The van der Waals surface area contributed by atoms with Crippen LogP contribution in [0.2, 0.25) is 0 Å². The number of nitrogens with zero attached hydrogens (tertiary/aromatic N) is 1. The van der Waals surface area contributed by atoms with Crippen molar-refractivity contribution in [1.82, 2.24) is 9.97 Å². The molecule has 0 saturated carbocycles. The van der Waals surface area contributed by atoms with E-state index in [1.54, 1.807) is 30.6 Å². The molecule has 134 valence electrons. The van der Waals surface area contributed by atoms with Gasteiger partial charge < -0.3 is 10.3 Å². The molecule has 0 aliphatic heterocycles. The van der Waals surface area contributed by atoms with Crippen LogP contribution in [-0.4, -0.2) is 15.9 Å². The first-order valence-electron chi connectivity index (χ1n) is 8.72. The van der Waals surface area contributed by atoms with Crippen molar-refractivity contribution in [2.24, 2.45) is 0 Å². The van der Waals surface area contributed by atoms with E-state index in [1.807, 2.05) is 30.3 Å². The molecule has 0 aliphatic rings. The van der Waals surface area contributed by atoms with Crippen molar-refractivity contribution in [1.29, 1.82) is 0 Å². The summed E-state index contributed by atoms with van der Waals surface area (Å²) in [6, 6.07) is 17.9. The molecule has 0 saturated heterocycles. The highest BCUT2D eigenvalue weighted by Gasteiger charge is 2.15. The zero-order valence-corrected chi connectivity index (χ0v) is 14.6. The molecular weight excluding hydrogens is 341 g/mol. The molecule has 1 amide bonds. The van der Waals surface area contributed by atoms with Gasteiger partial charge in [0.2, 0.25) is 5.91 Å². The van der Waals surface area contributed by atoms with Crippen molar-refractivity contribution in [2.75, 3.05) is 5.32 Å². The summed E-state index contributed by atoms with van der Waals surface area (Å²) in [6.45, 7) is 0. The fourth-order valence-corrected chi connectivity index (χ4v) is 3.26. The van der Waals surface area contributed by atoms with E-state index in [0.717, 1.165) is 27.7 Å². The number of aromatic amines is 1. The summed E-state index contributed by atoms with van der Waals surface area (Å²) in [5, 5.41) is 3.90. The second-order valence-electron chi connectivity index (χ2n) is 6.40. The maximum absolute atomic E-state index is 13.5. The van der Waals surface area contributed by atoms with Crippen LogP contribution >= 0.6 is 0 Å². The molecule has 2 aromatic heterocycles. The first-order chi connectivity index (χ1) is 13.2. The quantitative estimate of drug-likeness (QED) is 0.552. The lowest BCUT2D eigenvalue weighted by Gasteiger charge is -2.07. The Morgan fingerprint density at radius 1 is 1.04 bits per heavy atom. The minimum atomic E-state index is -0.263. The zero-order valence-electron chi connectivity index (χ0n) is 14.6. The van der Waals surface area contributed by atoms with Crippen LogP contribution in [0.15, 0.2) is 73.1 Å². The number of anilines is 1. The smallest absolute Gasteiger partial charge is 0.228 e. The van der Waals surface area contributed by atoms with Crippen LogP contribution in [-0.2, 0) is 17.6 Å². The average molecular weight is 359 g/mol. The Kier molecular flexibility index (Phi) is 4.66. The summed E-state index contributed by atoms with van der Waals surface area (Å²) in [7, 11) is 0. The van der Waals surface area contributed by atoms with Crippen LogP contribution in [0.25, 0.3) is 10.9 Å². The molecule has 4 rings (SSSR count). The molecule has 2 N–H and O–H groups in total. The molecule has 0 fully saturated rings. The normalized spacial score (nSPS) is 10.9. The van der Waals surface area contributed by atoms with Crippen molar-refractivity contribution >= 4 is 22.5 Å². The van der Waals surface area contributed by atoms with Gasteiger partial charge in [-0.2, -0.15) is 0 Å². The summed E-state index contributed by atoms with van der Waals surface area (Å²) in [6.07, 6.45) is 4.04. The number of amides is 1. The molecule has 27 heavy (non-hydrogen) atoms. The van der Waals surface area contributed by atoms with Gasteiger partial charge in [-0.05, 0) is 41.5 Å². The van der Waals surface area contributed by atoms with Crippen molar-refractivity contribution < 1.29 is 9.18 Å². The van der Waals surface area contributed by atoms with Crippen LogP contribution in [0.1, 0.15) is 16.8 Å². The van der Waals surface area contributed by atoms with Crippen LogP contribution in [0.4, 0.5) is 10.1 Å². The molecule has 2 heterocycles. The molecule has 4 nitrogen and oxygen atoms in total. The number of H-pyrrole nitrogens is 1. The molecule has 0 unspecified atom stereocenters. The number of carbonyl (C=O) groups excluding carboxylic acids is 1. The monoisotopic (exact) mass is 359 g/mol. The topological polar surface area (TPSA) is 57.8 Å². The first kappa shape index (κ1) is 17.0. The summed E-state index contributed by atoms with van der Waals surface area (Å²) in [5.41, 5.74) is 4.39. The van der Waals surface area contributed by atoms with Gasteiger partial charge in [0.1, 0.15) is 5.82 Å². The number of para-hydroxylation sites is 1. The van der Waals surface area contributed by atoms with Crippen molar-refractivity contribution in [3.8, 4) is 0 Å².